The topological polar surface area (TPSA) is 86.5 Å². The number of nitro groups is 1. The minimum absolute atomic E-state index is 0.294. The molecule has 1 aliphatic carbocycles. The molecular weight excluding hydrogens is 382 g/mol. The van der Waals surface area contributed by atoms with Crippen molar-refractivity contribution >= 4 is 11.6 Å². The molecule has 0 amide bonds. The number of Topliss-reactive ketones (excluding diaryl/α,β-unsaturated/α-hetero) is 2. The zero-order valence-corrected chi connectivity index (χ0v) is 16.3. The summed E-state index contributed by atoms with van der Waals surface area (Å²) in [4.78, 5) is 38.8. The number of methoxy groups -OCH3 is 1. The van der Waals surface area contributed by atoms with Gasteiger partial charge in [0.2, 0.25) is 6.54 Å². The van der Waals surface area contributed by atoms with Gasteiger partial charge in [-0.25, -0.2) is 0 Å². The van der Waals surface area contributed by atoms with Gasteiger partial charge in [0, 0.05) is 16.1 Å². The molecule has 6 heteroatoms. The van der Waals surface area contributed by atoms with Gasteiger partial charge in [0.05, 0.1) is 13.0 Å². The first-order chi connectivity index (χ1) is 14.5. The number of nitrogens with zero attached hydrogens (tertiary/aromatic N) is 1. The van der Waals surface area contributed by atoms with Gasteiger partial charge in [-0.3, -0.25) is 19.7 Å². The monoisotopic (exact) mass is 401 g/mol. The number of carbonyl (C=O) groups excluding carboxylic acids is 2. The maximum atomic E-state index is 13.8. The fourth-order valence-corrected chi connectivity index (χ4v) is 4.37. The van der Waals surface area contributed by atoms with Crippen molar-refractivity contribution in [3.63, 3.8) is 0 Å². The summed E-state index contributed by atoms with van der Waals surface area (Å²) in [6.07, 6.45) is 0. The van der Waals surface area contributed by atoms with Crippen LogP contribution in [0.1, 0.15) is 37.8 Å². The molecule has 3 aromatic carbocycles. The first-order valence-electron chi connectivity index (χ1n) is 9.50. The van der Waals surface area contributed by atoms with E-state index in [1.165, 1.54) is 7.11 Å². The van der Waals surface area contributed by atoms with Crippen LogP contribution in [-0.4, -0.2) is 30.1 Å². The molecule has 0 aliphatic heterocycles. The Morgan fingerprint density at radius 1 is 0.867 bits per heavy atom. The Labute approximate surface area is 173 Å². The molecule has 150 valence electrons. The van der Waals surface area contributed by atoms with E-state index in [0.717, 1.165) is 0 Å². The average molecular weight is 401 g/mol. The van der Waals surface area contributed by atoms with Crippen molar-refractivity contribution in [1.29, 1.82) is 0 Å². The summed E-state index contributed by atoms with van der Waals surface area (Å²) in [6, 6.07) is 22.0. The third-order valence-electron chi connectivity index (χ3n) is 5.73. The second kappa shape index (κ2) is 7.55. The molecule has 30 heavy (non-hydrogen) atoms. The summed E-state index contributed by atoms with van der Waals surface area (Å²) in [5.41, 5.74) is -0.139. The molecule has 3 aromatic rings. The number of hydrogen-bond donors (Lipinski definition) is 0. The van der Waals surface area contributed by atoms with Crippen molar-refractivity contribution in [2.75, 3.05) is 13.7 Å². The van der Waals surface area contributed by atoms with Crippen LogP contribution < -0.4 is 4.74 Å². The Bertz CT molecular complexity index is 1090. The fourth-order valence-electron chi connectivity index (χ4n) is 4.37. The third kappa shape index (κ3) is 2.88. The summed E-state index contributed by atoms with van der Waals surface area (Å²) in [5.74, 6) is -1.22. The van der Waals surface area contributed by atoms with E-state index >= 15 is 0 Å². The highest BCUT2D eigenvalue weighted by Crippen LogP contribution is 2.49. The highest BCUT2D eigenvalue weighted by molar-refractivity contribution is 6.33. The van der Waals surface area contributed by atoms with Crippen molar-refractivity contribution < 1.29 is 19.2 Å². The minimum Gasteiger partial charge on any atom is -0.497 e. The van der Waals surface area contributed by atoms with Gasteiger partial charge in [-0.2, -0.15) is 0 Å². The van der Waals surface area contributed by atoms with Gasteiger partial charge in [-0.05, 0) is 23.3 Å². The van der Waals surface area contributed by atoms with Crippen LogP contribution in [0.4, 0.5) is 0 Å². The van der Waals surface area contributed by atoms with Crippen LogP contribution >= 0.6 is 0 Å². The van der Waals surface area contributed by atoms with Gasteiger partial charge in [-0.1, -0.05) is 66.7 Å². The van der Waals surface area contributed by atoms with E-state index in [1.807, 2.05) is 0 Å². The lowest BCUT2D eigenvalue weighted by Gasteiger charge is -2.33. The summed E-state index contributed by atoms with van der Waals surface area (Å²) in [7, 11) is 1.52. The number of rotatable bonds is 6. The van der Waals surface area contributed by atoms with Crippen LogP contribution in [0.25, 0.3) is 0 Å². The fraction of sp³-hybridized carbons (Fsp3) is 0.167. The van der Waals surface area contributed by atoms with E-state index in [-0.39, 0.29) is 0 Å². The normalized spacial score (nSPS) is 15.5. The summed E-state index contributed by atoms with van der Waals surface area (Å²) in [5, 5.41) is 11.7. The molecule has 0 aromatic heterocycles. The third-order valence-corrected chi connectivity index (χ3v) is 5.73. The Hall–Kier alpha value is -3.80. The van der Waals surface area contributed by atoms with Crippen LogP contribution in [0.15, 0.2) is 78.9 Å². The van der Waals surface area contributed by atoms with E-state index < -0.39 is 34.4 Å². The highest BCUT2D eigenvalue weighted by Gasteiger charge is 2.60. The van der Waals surface area contributed by atoms with Crippen molar-refractivity contribution in [2.45, 2.75) is 11.3 Å². The van der Waals surface area contributed by atoms with Crippen LogP contribution in [0.5, 0.6) is 5.75 Å². The lowest BCUT2D eigenvalue weighted by molar-refractivity contribution is -0.484. The molecule has 0 N–H and O–H groups in total. The van der Waals surface area contributed by atoms with Gasteiger partial charge >= 0.3 is 0 Å². The largest absolute Gasteiger partial charge is 0.497 e. The Kier molecular flexibility index (Phi) is 4.91. The number of benzene rings is 3. The molecule has 0 bridgehead atoms. The number of ketones is 2. The van der Waals surface area contributed by atoms with E-state index in [0.29, 0.717) is 28.0 Å². The second-order valence-electron chi connectivity index (χ2n) is 7.22. The van der Waals surface area contributed by atoms with Crippen LogP contribution in [-0.2, 0) is 5.41 Å². The molecule has 1 aliphatic rings. The van der Waals surface area contributed by atoms with E-state index in [1.54, 1.807) is 78.9 Å². The lowest BCUT2D eigenvalue weighted by Crippen LogP contribution is -2.46. The van der Waals surface area contributed by atoms with Gasteiger partial charge in [0.15, 0.2) is 11.6 Å². The van der Waals surface area contributed by atoms with Gasteiger partial charge < -0.3 is 4.74 Å². The molecule has 0 heterocycles. The zero-order chi connectivity index (χ0) is 21.3. The van der Waals surface area contributed by atoms with Crippen molar-refractivity contribution in [3.05, 3.63) is 111 Å². The summed E-state index contributed by atoms with van der Waals surface area (Å²) in [6.45, 7) is -0.554. The van der Waals surface area contributed by atoms with Crippen molar-refractivity contribution in [3.8, 4) is 5.75 Å². The van der Waals surface area contributed by atoms with E-state index in [4.69, 9.17) is 4.74 Å². The predicted molar refractivity (Wildman–Crippen MR) is 111 cm³/mol. The number of fused-ring (bicyclic) bond motifs is 1. The first-order valence-corrected chi connectivity index (χ1v) is 9.50. The second-order valence-corrected chi connectivity index (χ2v) is 7.22. The number of ether oxygens (including phenoxy) is 1. The van der Waals surface area contributed by atoms with Crippen molar-refractivity contribution in [2.24, 2.45) is 0 Å². The average Bonchev–Trinajstić information content (AvgIpc) is 3.01. The molecular formula is C24H19NO5. The SMILES string of the molecule is COc1ccc(C2([C@H](C[N+](=O)[O-])c3ccccc3)C(=O)c3ccccc3C2=O)cc1. The lowest BCUT2D eigenvalue weighted by atomic mass is 9.64. The minimum atomic E-state index is -1.72. The van der Waals surface area contributed by atoms with Crippen LogP contribution in [0.2, 0.25) is 0 Å². The molecule has 0 unspecified atom stereocenters. The summed E-state index contributed by atoms with van der Waals surface area (Å²) >= 11 is 0. The van der Waals surface area contributed by atoms with Gasteiger partial charge in [-0.15, -0.1) is 0 Å². The van der Waals surface area contributed by atoms with Crippen LogP contribution in [0, 0.1) is 10.1 Å². The molecule has 4 rings (SSSR count). The smallest absolute Gasteiger partial charge is 0.212 e. The molecule has 6 nitrogen and oxygen atoms in total. The van der Waals surface area contributed by atoms with Crippen molar-refractivity contribution in [1.82, 2.24) is 0 Å². The molecule has 0 saturated carbocycles. The number of carbonyl (C=O) groups is 2. The highest BCUT2D eigenvalue weighted by atomic mass is 16.6. The quantitative estimate of drug-likeness (QED) is 0.353. The molecule has 1 atom stereocenters. The van der Waals surface area contributed by atoms with Gasteiger partial charge in [0.25, 0.3) is 0 Å². The standard InChI is InChI=1S/C24H19NO5/c1-30-18-13-11-17(12-14-18)24(21(15-25(28)29)16-7-3-2-4-8-16)22(26)19-9-5-6-10-20(19)23(24)27/h2-14,21H,15H2,1H3/t21-/m1/s1. The van der Waals surface area contributed by atoms with Crippen LogP contribution in [0.3, 0.4) is 0 Å². The Morgan fingerprint density at radius 2 is 1.40 bits per heavy atom. The molecule has 0 saturated heterocycles. The van der Waals surface area contributed by atoms with E-state index in [9.17, 15) is 19.7 Å². The predicted octanol–water partition coefficient (Wildman–Crippen LogP) is 4.07. The Morgan fingerprint density at radius 3 is 1.90 bits per heavy atom. The summed E-state index contributed by atoms with van der Waals surface area (Å²) < 4.78 is 5.21. The first kappa shape index (κ1) is 19.5. The Balaban J connectivity index is 2.02. The maximum absolute atomic E-state index is 13.8. The zero-order valence-electron chi connectivity index (χ0n) is 16.3. The van der Waals surface area contributed by atoms with E-state index in [2.05, 4.69) is 0 Å². The maximum Gasteiger partial charge on any atom is 0.212 e. The number of hydrogen-bond acceptors (Lipinski definition) is 5. The van der Waals surface area contributed by atoms with Gasteiger partial charge in [0.1, 0.15) is 11.2 Å². The molecule has 0 fully saturated rings. The molecule has 0 radical (unpaired) electrons. The molecule has 0 spiro atoms.